The molecule has 0 aromatic heterocycles. The molecule has 0 aromatic rings. The molecular weight excluding hydrogens is 533 g/mol. The van der Waals surface area contributed by atoms with Gasteiger partial charge in [0, 0.05) is 13.1 Å². The first-order chi connectivity index (χ1) is 19.6. The van der Waals surface area contributed by atoms with E-state index in [0.717, 1.165) is 44.1 Å². The first-order valence-corrected chi connectivity index (χ1v) is 19.4. The van der Waals surface area contributed by atoms with Crippen molar-refractivity contribution < 1.29 is 24.6 Å². The van der Waals surface area contributed by atoms with Gasteiger partial charge in [-0.25, -0.2) is 0 Å². The zero-order chi connectivity index (χ0) is 31.2. The third kappa shape index (κ3) is 34.4. The lowest BCUT2D eigenvalue weighted by molar-refractivity contribution is 0.159. The Kier molecular flexibility index (Phi) is 33.1. The maximum absolute atomic E-state index is 11.3. The summed E-state index contributed by atoms with van der Waals surface area (Å²) in [7, 11) is -3.87. The van der Waals surface area contributed by atoms with Crippen molar-refractivity contribution in [3.05, 3.63) is 0 Å². The van der Waals surface area contributed by atoms with E-state index in [9.17, 15) is 14.4 Å². The van der Waals surface area contributed by atoms with Gasteiger partial charge in [-0.2, -0.15) is 0 Å². The summed E-state index contributed by atoms with van der Waals surface area (Å²) >= 11 is 0. The second-order valence-electron chi connectivity index (χ2n) is 12.8. The van der Waals surface area contributed by atoms with Gasteiger partial charge in [-0.05, 0) is 43.6 Å². The van der Waals surface area contributed by atoms with Gasteiger partial charge in [0.25, 0.3) is 0 Å². The van der Waals surface area contributed by atoms with Gasteiger partial charge in [0.05, 0.1) is 19.4 Å². The van der Waals surface area contributed by atoms with E-state index in [1.807, 2.05) is 0 Å². The van der Waals surface area contributed by atoms with Gasteiger partial charge in [0.1, 0.15) is 0 Å². The van der Waals surface area contributed by atoms with Gasteiger partial charge >= 0.3 is 7.60 Å². The van der Waals surface area contributed by atoms with Gasteiger partial charge in [-0.1, -0.05) is 144 Å². The highest BCUT2D eigenvalue weighted by atomic mass is 31.2. The fraction of sp³-hybridized carbons (Fsp3) is 1.00. The zero-order valence-electron chi connectivity index (χ0n) is 28.2. The van der Waals surface area contributed by atoms with E-state index < -0.39 is 7.60 Å². The Balaban J connectivity index is 0. The van der Waals surface area contributed by atoms with Crippen LogP contribution in [-0.4, -0.2) is 63.9 Å². The van der Waals surface area contributed by atoms with Crippen LogP contribution in [0.25, 0.3) is 0 Å². The van der Waals surface area contributed by atoms with Gasteiger partial charge in [-0.15, -0.1) is 0 Å². The van der Waals surface area contributed by atoms with E-state index in [-0.39, 0.29) is 25.3 Å². The van der Waals surface area contributed by atoms with Gasteiger partial charge in [0.15, 0.2) is 0 Å². The number of hydrogen-bond acceptors (Lipinski definition) is 4. The van der Waals surface area contributed by atoms with Crippen molar-refractivity contribution in [3.8, 4) is 0 Å². The van der Waals surface area contributed by atoms with Crippen LogP contribution < -0.4 is 0 Å². The van der Waals surface area contributed by atoms with Crippen LogP contribution in [-0.2, 0) is 4.57 Å². The molecule has 0 aromatic carbocycles. The standard InChI is InChI=1S/C18H39O3P.C16H35NO2/c1-5-16(3)11-8-7-9-13-18(15-22(19,20)21)14-10-12-17(4)6-2;1-2-3-4-5-6-7-8-9-10-11-12-17(13-15-18)14-16-19/h16-18H,5-15H2,1-4H3,(H2,19,20,21);18-19H,2-16H2,1H3. The smallest absolute Gasteiger partial charge is 0.325 e. The fourth-order valence-electron chi connectivity index (χ4n) is 5.37. The number of unbranched alkanes of at least 4 members (excludes halogenated alkanes) is 11. The molecule has 0 bridgehead atoms. The van der Waals surface area contributed by atoms with Crippen molar-refractivity contribution in [2.24, 2.45) is 17.8 Å². The van der Waals surface area contributed by atoms with Crippen LogP contribution in [0, 0.1) is 17.8 Å². The molecule has 41 heavy (non-hydrogen) atoms. The summed E-state index contributed by atoms with van der Waals surface area (Å²) in [5.41, 5.74) is 0. The molecule has 250 valence electrons. The average Bonchev–Trinajstić information content (AvgIpc) is 2.93. The minimum absolute atomic E-state index is 0.0822. The van der Waals surface area contributed by atoms with E-state index in [4.69, 9.17) is 10.2 Å². The molecule has 0 heterocycles. The molecule has 0 aliphatic rings. The summed E-state index contributed by atoms with van der Waals surface area (Å²) in [6, 6.07) is 0. The highest BCUT2D eigenvalue weighted by molar-refractivity contribution is 7.51. The van der Waals surface area contributed by atoms with Crippen LogP contribution in [0.2, 0.25) is 0 Å². The van der Waals surface area contributed by atoms with Crippen molar-refractivity contribution >= 4 is 7.60 Å². The number of nitrogens with zero attached hydrogens (tertiary/aromatic N) is 1. The molecule has 3 unspecified atom stereocenters. The number of aliphatic hydroxyl groups is 2. The largest absolute Gasteiger partial charge is 0.395 e. The highest BCUT2D eigenvalue weighted by Gasteiger charge is 2.21. The van der Waals surface area contributed by atoms with Gasteiger partial charge in [-0.3, -0.25) is 9.46 Å². The molecular formula is C34H74NO5P. The van der Waals surface area contributed by atoms with Gasteiger partial charge in [0.2, 0.25) is 0 Å². The Morgan fingerprint density at radius 1 is 0.561 bits per heavy atom. The molecule has 0 amide bonds. The summed E-state index contributed by atoms with van der Waals surface area (Å²) in [6.45, 7) is 14.0. The summed E-state index contributed by atoms with van der Waals surface area (Å²) in [5.74, 6) is 1.74. The van der Waals surface area contributed by atoms with Crippen molar-refractivity contribution in [1.29, 1.82) is 0 Å². The van der Waals surface area contributed by atoms with Crippen LogP contribution in [0.5, 0.6) is 0 Å². The second-order valence-corrected chi connectivity index (χ2v) is 14.5. The Labute approximate surface area is 256 Å². The summed E-state index contributed by atoms with van der Waals surface area (Å²) in [5, 5.41) is 17.8. The molecule has 7 heteroatoms. The second kappa shape index (κ2) is 31.5. The van der Waals surface area contributed by atoms with Crippen molar-refractivity contribution in [3.63, 3.8) is 0 Å². The fourth-order valence-corrected chi connectivity index (χ4v) is 6.41. The van der Waals surface area contributed by atoms with Crippen molar-refractivity contribution in [2.45, 2.75) is 163 Å². The minimum Gasteiger partial charge on any atom is -0.395 e. The van der Waals surface area contributed by atoms with Crippen LogP contribution >= 0.6 is 7.60 Å². The predicted octanol–water partition coefficient (Wildman–Crippen LogP) is 9.19. The first kappa shape index (κ1) is 43.2. The van der Waals surface area contributed by atoms with E-state index >= 15 is 0 Å². The lowest BCUT2D eigenvalue weighted by Gasteiger charge is -2.19. The zero-order valence-corrected chi connectivity index (χ0v) is 29.1. The molecule has 0 saturated carbocycles. The summed E-state index contributed by atoms with van der Waals surface area (Å²) < 4.78 is 11.3. The molecule has 0 aliphatic carbocycles. The molecule has 0 fully saturated rings. The molecule has 0 rings (SSSR count). The number of hydrogen-bond donors (Lipinski definition) is 4. The van der Waals surface area contributed by atoms with Crippen LogP contribution in [0.3, 0.4) is 0 Å². The van der Waals surface area contributed by atoms with Crippen molar-refractivity contribution in [2.75, 3.05) is 39.0 Å². The normalized spacial score (nSPS) is 14.1. The van der Waals surface area contributed by atoms with E-state index in [0.29, 0.717) is 13.1 Å². The quantitative estimate of drug-likeness (QED) is 0.0500. The van der Waals surface area contributed by atoms with Crippen molar-refractivity contribution in [1.82, 2.24) is 4.90 Å². The minimum atomic E-state index is -3.87. The molecule has 4 N–H and O–H groups in total. The third-order valence-corrected chi connectivity index (χ3v) is 9.66. The Morgan fingerprint density at radius 2 is 0.976 bits per heavy atom. The summed E-state index contributed by atoms with van der Waals surface area (Å²) in [4.78, 5) is 20.7. The highest BCUT2D eigenvalue weighted by Crippen LogP contribution is 2.40. The lowest BCUT2D eigenvalue weighted by atomic mass is 9.93. The predicted molar refractivity (Wildman–Crippen MR) is 179 cm³/mol. The van der Waals surface area contributed by atoms with E-state index in [2.05, 4.69) is 39.5 Å². The monoisotopic (exact) mass is 608 g/mol. The molecule has 0 radical (unpaired) electrons. The SMILES string of the molecule is CCC(C)CCCCCC(CCCC(C)CC)CP(=O)(O)O.CCCCCCCCCCCCN(CCO)CCO. The first-order valence-electron chi connectivity index (χ1n) is 17.6. The third-order valence-electron chi connectivity index (χ3n) is 8.67. The number of aliphatic hydroxyl groups excluding tert-OH is 2. The molecule has 6 nitrogen and oxygen atoms in total. The molecule has 0 saturated heterocycles. The topological polar surface area (TPSA) is 101 Å². The molecule has 0 spiro atoms. The van der Waals surface area contributed by atoms with Crippen LogP contribution in [0.1, 0.15) is 163 Å². The average molecular weight is 608 g/mol. The van der Waals surface area contributed by atoms with E-state index in [1.165, 1.54) is 103 Å². The summed E-state index contributed by atoms with van der Waals surface area (Å²) in [6.07, 6.45) is 25.1. The van der Waals surface area contributed by atoms with Crippen LogP contribution in [0.15, 0.2) is 0 Å². The Hall–Kier alpha value is 0.0300. The number of rotatable bonds is 29. The maximum atomic E-state index is 11.3. The molecule has 0 aliphatic heterocycles. The Morgan fingerprint density at radius 3 is 1.44 bits per heavy atom. The van der Waals surface area contributed by atoms with Crippen LogP contribution in [0.4, 0.5) is 0 Å². The lowest BCUT2D eigenvalue weighted by Crippen LogP contribution is -2.30. The van der Waals surface area contributed by atoms with E-state index in [1.54, 1.807) is 0 Å². The van der Waals surface area contributed by atoms with Gasteiger partial charge < -0.3 is 20.0 Å². The maximum Gasteiger partial charge on any atom is 0.325 e. The molecule has 3 atom stereocenters. The Bertz CT molecular complexity index is 553.